The molecule has 1 fully saturated rings. The standard InChI is InChI=1S/C18H21N5O5/c19-16-13-17(21-9-22(16)11(6-24)10-4-2-1-3-5-10)23(8-20-13)18-15(27)14(26)12(7-25)28-18/h1-5,8-9,11-12,14-15,18-19,24-27H,6-7H2/t11?,12-,14-,15-,18-/m1/s1. The molecule has 2 aromatic heterocycles. The lowest BCUT2D eigenvalue weighted by molar-refractivity contribution is -0.0511. The minimum Gasteiger partial charge on any atom is -0.394 e. The van der Waals surface area contributed by atoms with Crippen LogP contribution in [0.4, 0.5) is 0 Å². The smallest absolute Gasteiger partial charge is 0.167 e. The fourth-order valence-corrected chi connectivity index (χ4v) is 3.51. The van der Waals surface area contributed by atoms with Crippen LogP contribution in [0.2, 0.25) is 0 Å². The van der Waals surface area contributed by atoms with E-state index in [9.17, 15) is 20.4 Å². The van der Waals surface area contributed by atoms with Crippen LogP contribution in [-0.2, 0) is 4.74 Å². The molecule has 0 saturated carbocycles. The zero-order valence-electron chi connectivity index (χ0n) is 14.8. The summed E-state index contributed by atoms with van der Waals surface area (Å²) in [6.45, 7) is -0.656. The van der Waals surface area contributed by atoms with Crippen LogP contribution in [-0.4, -0.2) is 71.1 Å². The van der Waals surface area contributed by atoms with Gasteiger partial charge in [0.1, 0.15) is 23.8 Å². The predicted molar refractivity (Wildman–Crippen MR) is 96.0 cm³/mol. The number of aliphatic hydroxyl groups excluding tert-OH is 4. The Kier molecular flexibility index (Phi) is 4.96. The van der Waals surface area contributed by atoms with Crippen LogP contribution in [0.25, 0.3) is 11.2 Å². The van der Waals surface area contributed by atoms with Gasteiger partial charge in [-0.05, 0) is 5.56 Å². The molecular weight excluding hydrogens is 366 g/mol. The molecule has 1 unspecified atom stereocenters. The van der Waals surface area contributed by atoms with Crippen LogP contribution < -0.4 is 5.49 Å². The Morgan fingerprint density at radius 3 is 2.46 bits per heavy atom. The van der Waals surface area contributed by atoms with E-state index in [4.69, 9.17) is 10.1 Å². The topological polar surface area (TPSA) is 150 Å². The Bertz CT molecular complexity index is 1020. The van der Waals surface area contributed by atoms with Gasteiger partial charge in [0.25, 0.3) is 0 Å². The summed E-state index contributed by atoms with van der Waals surface area (Å²) in [6, 6.07) is 8.79. The Labute approximate surface area is 159 Å². The van der Waals surface area contributed by atoms with Gasteiger partial charge in [-0.1, -0.05) is 30.3 Å². The van der Waals surface area contributed by atoms with Gasteiger partial charge in [0.05, 0.1) is 31.9 Å². The van der Waals surface area contributed by atoms with Gasteiger partial charge in [-0.25, -0.2) is 9.97 Å². The van der Waals surface area contributed by atoms with E-state index in [0.717, 1.165) is 5.56 Å². The molecule has 10 nitrogen and oxygen atoms in total. The van der Waals surface area contributed by atoms with E-state index in [1.54, 1.807) is 0 Å². The first kappa shape index (κ1) is 18.7. The van der Waals surface area contributed by atoms with Crippen LogP contribution in [0.5, 0.6) is 0 Å². The number of nitrogens with one attached hydrogen (secondary N) is 1. The Hall–Kier alpha value is -2.63. The molecule has 28 heavy (non-hydrogen) atoms. The first-order valence-electron chi connectivity index (χ1n) is 8.83. The molecule has 1 aliphatic heterocycles. The maximum atomic E-state index is 10.2. The normalized spacial score (nSPS) is 26.0. The molecule has 0 amide bonds. The predicted octanol–water partition coefficient (Wildman–Crippen LogP) is -1.09. The van der Waals surface area contributed by atoms with Gasteiger partial charge in [-0.2, -0.15) is 0 Å². The quantitative estimate of drug-likeness (QED) is 0.373. The van der Waals surface area contributed by atoms with Crippen molar-refractivity contribution in [3.8, 4) is 0 Å². The van der Waals surface area contributed by atoms with Crippen molar-refractivity contribution in [1.82, 2.24) is 19.1 Å². The van der Waals surface area contributed by atoms with E-state index in [2.05, 4.69) is 9.97 Å². The van der Waals surface area contributed by atoms with Crippen LogP contribution in [0.1, 0.15) is 17.8 Å². The molecular formula is C18H21N5O5. The highest BCUT2D eigenvalue weighted by atomic mass is 16.6. The summed E-state index contributed by atoms with van der Waals surface area (Å²) < 4.78 is 8.47. The second kappa shape index (κ2) is 7.41. The fourth-order valence-electron chi connectivity index (χ4n) is 3.51. The van der Waals surface area contributed by atoms with Crippen LogP contribution in [0.3, 0.4) is 0 Å². The van der Waals surface area contributed by atoms with Gasteiger partial charge in [-0.3, -0.25) is 9.98 Å². The molecule has 3 heterocycles. The number of hydrogen-bond acceptors (Lipinski definition) is 8. The van der Waals surface area contributed by atoms with Crippen molar-refractivity contribution in [2.45, 2.75) is 30.6 Å². The number of benzene rings is 1. The SMILES string of the molecule is N=c1c2ncn([C@@H]3O[C@H](CO)[C@@H](O)[C@H]3O)c2ncn1C(CO)c1ccccc1. The summed E-state index contributed by atoms with van der Waals surface area (Å²) in [5, 5.41) is 47.9. The maximum absolute atomic E-state index is 10.2. The molecule has 1 aliphatic rings. The second-order valence-electron chi connectivity index (χ2n) is 6.66. The summed E-state index contributed by atoms with van der Waals surface area (Å²) in [5.74, 6) is 0. The third-order valence-corrected chi connectivity index (χ3v) is 5.04. The van der Waals surface area contributed by atoms with Crippen molar-refractivity contribution in [3.63, 3.8) is 0 Å². The van der Waals surface area contributed by atoms with Gasteiger partial charge < -0.3 is 29.7 Å². The van der Waals surface area contributed by atoms with Gasteiger partial charge >= 0.3 is 0 Å². The zero-order valence-corrected chi connectivity index (χ0v) is 14.8. The van der Waals surface area contributed by atoms with Crippen molar-refractivity contribution in [2.24, 2.45) is 0 Å². The summed E-state index contributed by atoms with van der Waals surface area (Å²) in [5.41, 5.74) is 1.42. The summed E-state index contributed by atoms with van der Waals surface area (Å²) >= 11 is 0. The third-order valence-electron chi connectivity index (χ3n) is 5.04. The molecule has 148 valence electrons. The number of fused-ring (bicyclic) bond motifs is 1. The summed E-state index contributed by atoms with van der Waals surface area (Å²) in [6.07, 6.45) is -1.61. The second-order valence-corrected chi connectivity index (χ2v) is 6.66. The van der Waals surface area contributed by atoms with E-state index in [0.29, 0.717) is 5.65 Å². The molecule has 3 aromatic rings. The number of rotatable bonds is 5. The van der Waals surface area contributed by atoms with E-state index in [-0.39, 0.29) is 17.6 Å². The number of imidazole rings is 1. The molecule has 1 aromatic carbocycles. The Balaban J connectivity index is 1.76. The van der Waals surface area contributed by atoms with Crippen molar-refractivity contribution in [2.75, 3.05) is 13.2 Å². The monoisotopic (exact) mass is 387 g/mol. The van der Waals surface area contributed by atoms with Crippen LogP contribution >= 0.6 is 0 Å². The van der Waals surface area contributed by atoms with Crippen molar-refractivity contribution in [3.05, 3.63) is 54.0 Å². The minimum atomic E-state index is -1.27. The van der Waals surface area contributed by atoms with E-state index >= 15 is 0 Å². The van der Waals surface area contributed by atoms with Crippen LogP contribution in [0, 0.1) is 5.41 Å². The number of hydrogen-bond donors (Lipinski definition) is 5. The minimum absolute atomic E-state index is 0.0402. The van der Waals surface area contributed by atoms with Crippen molar-refractivity contribution < 1.29 is 25.2 Å². The molecule has 0 spiro atoms. The summed E-state index contributed by atoms with van der Waals surface area (Å²) in [4.78, 5) is 8.57. The average Bonchev–Trinajstić information content (AvgIpc) is 3.27. The molecule has 5 N–H and O–H groups in total. The lowest BCUT2D eigenvalue weighted by atomic mass is 10.1. The highest BCUT2D eigenvalue weighted by Crippen LogP contribution is 2.30. The summed E-state index contributed by atoms with van der Waals surface area (Å²) in [7, 11) is 0. The largest absolute Gasteiger partial charge is 0.394 e. The lowest BCUT2D eigenvalue weighted by Gasteiger charge is -2.19. The Morgan fingerprint density at radius 1 is 1.07 bits per heavy atom. The average molecular weight is 387 g/mol. The number of aliphatic hydroxyl groups is 4. The molecule has 0 bridgehead atoms. The molecule has 1 saturated heterocycles. The zero-order chi connectivity index (χ0) is 19.8. The Morgan fingerprint density at radius 2 is 1.82 bits per heavy atom. The molecule has 0 aliphatic carbocycles. The molecule has 10 heteroatoms. The van der Waals surface area contributed by atoms with Gasteiger partial charge in [0.15, 0.2) is 17.4 Å². The number of ether oxygens (including phenoxy) is 1. The van der Waals surface area contributed by atoms with Gasteiger partial charge in [-0.15, -0.1) is 0 Å². The molecule has 5 atom stereocenters. The van der Waals surface area contributed by atoms with E-state index in [1.807, 2.05) is 30.3 Å². The highest BCUT2D eigenvalue weighted by Gasteiger charge is 2.44. The first-order chi connectivity index (χ1) is 13.6. The highest BCUT2D eigenvalue weighted by molar-refractivity contribution is 5.68. The maximum Gasteiger partial charge on any atom is 0.167 e. The van der Waals surface area contributed by atoms with E-state index in [1.165, 1.54) is 21.8 Å². The molecule has 4 rings (SSSR count). The van der Waals surface area contributed by atoms with Gasteiger partial charge in [0.2, 0.25) is 0 Å². The number of aromatic nitrogens is 4. The molecule has 0 radical (unpaired) electrons. The third kappa shape index (κ3) is 2.91. The number of nitrogens with zero attached hydrogens (tertiary/aromatic N) is 4. The van der Waals surface area contributed by atoms with Gasteiger partial charge in [0, 0.05) is 0 Å². The first-order valence-corrected chi connectivity index (χ1v) is 8.83. The van der Waals surface area contributed by atoms with Crippen molar-refractivity contribution in [1.29, 1.82) is 5.41 Å². The van der Waals surface area contributed by atoms with Crippen LogP contribution in [0.15, 0.2) is 43.0 Å². The van der Waals surface area contributed by atoms with E-state index < -0.39 is 37.2 Å². The lowest BCUT2D eigenvalue weighted by Crippen LogP contribution is -2.33. The van der Waals surface area contributed by atoms with Crippen molar-refractivity contribution >= 4 is 11.2 Å². The fraction of sp³-hybridized carbons (Fsp3) is 0.389.